The second kappa shape index (κ2) is 7.44. The Morgan fingerprint density at radius 3 is 2.24 bits per heavy atom. The van der Waals surface area contributed by atoms with Crippen LogP contribution in [0.4, 0.5) is 0 Å². The second-order valence-corrected chi connectivity index (χ2v) is 9.13. The minimum Gasteiger partial charge on any atom is -0.326 e. The molecular formula is C32H24N2. The molecule has 2 heteroatoms. The van der Waals surface area contributed by atoms with Crippen molar-refractivity contribution in [3.8, 4) is 27.9 Å². The number of hydrogen-bond donors (Lipinski definition) is 1. The third-order valence-corrected chi connectivity index (χ3v) is 7.22. The largest absolute Gasteiger partial charge is 0.326 e. The number of hydrogen-bond acceptors (Lipinski definition) is 1. The van der Waals surface area contributed by atoms with Crippen molar-refractivity contribution in [2.75, 3.05) is 0 Å². The van der Waals surface area contributed by atoms with Crippen LogP contribution in [0.25, 0.3) is 49.7 Å². The molecule has 1 aliphatic rings. The molecule has 0 radical (unpaired) electrons. The number of nitrogens with two attached hydrogens (primary N) is 1. The van der Waals surface area contributed by atoms with E-state index in [0.717, 1.165) is 6.42 Å². The Morgan fingerprint density at radius 2 is 1.35 bits per heavy atom. The standard InChI is InChI=1S/C32H24N2/c33-20-21-16-27(29-18-22-8-4-5-11-25(22)28(29)17-21)23-14-15-32-30(19-23)26-12-6-7-13-31(26)34(32)24-9-2-1-3-10-24/h1-17,19H,18,20,33H2. The van der Waals surface area contributed by atoms with E-state index >= 15 is 0 Å². The molecule has 2 nitrogen and oxygen atoms in total. The number of fused-ring (bicyclic) bond motifs is 6. The summed E-state index contributed by atoms with van der Waals surface area (Å²) in [6.07, 6.45) is 0.968. The molecule has 162 valence electrons. The summed E-state index contributed by atoms with van der Waals surface area (Å²) >= 11 is 0. The van der Waals surface area contributed by atoms with Gasteiger partial charge in [0.25, 0.3) is 0 Å². The zero-order valence-corrected chi connectivity index (χ0v) is 18.8. The maximum Gasteiger partial charge on any atom is 0.0541 e. The summed E-state index contributed by atoms with van der Waals surface area (Å²) in [5.74, 6) is 0. The number of nitrogens with zero attached hydrogens (tertiary/aromatic N) is 1. The lowest BCUT2D eigenvalue weighted by Gasteiger charge is -2.13. The SMILES string of the molecule is NCc1cc(-c2ccc3c(c2)c2ccccc2n3-c2ccccc2)c2c(c1)-c1ccccc1C2. The highest BCUT2D eigenvalue weighted by atomic mass is 15.0. The number of para-hydroxylation sites is 2. The normalized spacial score (nSPS) is 12.3. The monoisotopic (exact) mass is 436 g/mol. The summed E-state index contributed by atoms with van der Waals surface area (Å²) in [5, 5.41) is 2.55. The Kier molecular flexibility index (Phi) is 4.23. The minimum absolute atomic E-state index is 0.540. The molecule has 1 heterocycles. The second-order valence-electron chi connectivity index (χ2n) is 9.13. The molecule has 1 aliphatic carbocycles. The summed E-state index contributed by atoms with van der Waals surface area (Å²) in [4.78, 5) is 0. The fourth-order valence-corrected chi connectivity index (χ4v) is 5.66. The van der Waals surface area contributed by atoms with E-state index < -0.39 is 0 Å². The highest BCUT2D eigenvalue weighted by molar-refractivity contribution is 6.10. The molecule has 0 aliphatic heterocycles. The van der Waals surface area contributed by atoms with Gasteiger partial charge in [-0.25, -0.2) is 0 Å². The molecule has 1 aromatic heterocycles. The minimum atomic E-state index is 0.540. The molecule has 0 bridgehead atoms. The first-order valence-corrected chi connectivity index (χ1v) is 11.8. The Labute approximate surface area is 198 Å². The van der Waals surface area contributed by atoms with Crippen LogP contribution in [-0.4, -0.2) is 4.57 Å². The Hall–Kier alpha value is -4.14. The lowest BCUT2D eigenvalue weighted by atomic mass is 9.92. The van der Waals surface area contributed by atoms with Crippen molar-refractivity contribution in [2.24, 2.45) is 5.73 Å². The van der Waals surface area contributed by atoms with Crippen molar-refractivity contribution in [1.82, 2.24) is 4.57 Å². The van der Waals surface area contributed by atoms with Crippen molar-refractivity contribution in [3.63, 3.8) is 0 Å². The third kappa shape index (κ3) is 2.79. The summed E-state index contributed by atoms with van der Waals surface area (Å²) in [7, 11) is 0. The van der Waals surface area contributed by atoms with E-state index in [-0.39, 0.29) is 0 Å². The van der Waals surface area contributed by atoms with Gasteiger partial charge in [0.2, 0.25) is 0 Å². The highest BCUT2D eigenvalue weighted by Crippen LogP contribution is 2.43. The van der Waals surface area contributed by atoms with Crippen molar-refractivity contribution < 1.29 is 0 Å². The van der Waals surface area contributed by atoms with E-state index in [1.54, 1.807) is 0 Å². The molecule has 0 spiro atoms. The molecule has 0 saturated carbocycles. The zero-order chi connectivity index (χ0) is 22.6. The lowest BCUT2D eigenvalue weighted by molar-refractivity contribution is 1.07. The number of rotatable bonds is 3. The Morgan fingerprint density at radius 1 is 0.618 bits per heavy atom. The maximum absolute atomic E-state index is 6.14. The molecule has 0 saturated heterocycles. The molecular weight excluding hydrogens is 412 g/mol. The van der Waals surface area contributed by atoms with Gasteiger partial charge in [-0.05, 0) is 87.8 Å². The van der Waals surface area contributed by atoms with Crippen LogP contribution in [0.3, 0.4) is 0 Å². The van der Waals surface area contributed by atoms with Crippen LogP contribution >= 0.6 is 0 Å². The maximum atomic E-state index is 6.14. The van der Waals surface area contributed by atoms with Crippen LogP contribution in [0.5, 0.6) is 0 Å². The van der Waals surface area contributed by atoms with Crippen molar-refractivity contribution in [1.29, 1.82) is 0 Å². The Balaban J connectivity index is 1.50. The van der Waals surface area contributed by atoms with Crippen molar-refractivity contribution >= 4 is 21.8 Å². The molecule has 2 N–H and O–H groups in total. The van der Waals surface area contributed by atoms with Gasteiger partial charge in [0, 0.05) is 23.0 Å². The van der Waals surface area contributed by atoms with Gasteiger partial charge in [0.1, 0.15) is 0 Å². The molecule has 34 heavy (non-hydrogen) atoms. The van der Waals surface area contributed by atoms with Gasteiger partial charge in [0.15, 0.2) is 0 Å². The first kappa shape index (κ1) is 19.3. The summed E-state index contributed by atoms with van der Waals surface area (Å²) in [5.41, 5.74) is 19.0. The lowest BCUT2D eigenvalue weighted by Crippen LogP contribution is -1.99. The topological polar surface area (TPSA) is 30.9 Å². The van der Waals surface area contributed by atoms with Crippen LogP contribution in [0.2, 0.25) is 0 Å². The molecule has 6 aromatic rings. The molecule has 0 unspecified atom stereocenters. The van der Waals surface area contributed by atoms with E-state index in [9.17, 15) is 0 Å². The van der Waals surface area contributed by atoms with Crippen LogP contribution in [0.15, 0.2) is 109 Å². The fourth-order valence-electron chi connectivity index (χ4n) is 5.66. The number of aromatic nitrogens is 1. The van der Waals surface area contributed by atoms with Crippen molar-refractivity contribution in [2.45, 2.75) is 13.0 Å². The van der Waals surface area contributed by atoms with Crippen LogP contribution in [0.1, 0.15) is 16.7 Å². The van der Waals surface area contributed by atoms with E-state index in [1.165, 1.54) is 66.4 Å². The predicted octanol–water partition coefficient (Wildman–Crippen LogP) is 7.48. The van der Waals surface area contributed by atoms with E-state index in [1.807, 2.05) is 0 Å². The van der Waals surface area contributed by atoms with E-state index in [2.05, 4.69) is 114 Å². The van der Waals surface area contributed by atoms with Gasteiger partial charge in [-0.15, -0.1) is 0 Å². The van der Waals surface area contributed by atoms with Gasteiger partial charge in [-0.3, -0.25) is 0 Å². The van der Waals surface area contributed by atoms with Crippen LogP contribution < -0.4 is 5.73 Å². The molecule has 0 amide bonds. The Bertz CT molecular complexity index is 1710. The molecule has 0 fully saturated rings. The van der Waals surface area contributed by atoms with E-state index in [0.29, 0.717) is 6.54 Å². The van der Waals surface area contributed by atoms with Crippen LogP contribution in [0, 0.1) is 0 Å². The molecule has 5 aromatic carbocycles. The summed E-state index contributed by atoms with van der Waals surface area (Å²) in [6, 6.07) is 39.6. The first-order chi connectivity index (χ1) is 16.8. The van der Waals surface area contributed by atoms with Gasteiger partial charge in [0.05, 0.1) is 11.0 Å². The van der Waals surface area contributed by atoms with Gasteiger partial charge < -0.3 is 10.3 Å². The van der Waals surface area contributed by atoms with Crippen molar-refractivity contribution in [3.05, 3.63) is 126 Å². The van der Waals surface area contributed by atoms with E-state index in [4.69, 9.17) is 5.73 Å². The average molecular weight is 437 g/mol. The quantitative estimate of drug-likeness (QED) is 0.306. The van der Waals surface area contributed by atoms with Gasteiger partial charge in [-0.2, -0.15) is 0 Å². The zero-order valence-electron chi connectivity index (χ0n) is 18.8. The highest BCUT2D eigenvalue weighted by Gasteiger charge is 2.23. The molecule has 0 atom stereocenters. The third-order valence-electron chi connectivity index (χ3n) is 7.22. The fraction of sp³-hybridized carbons (Fsp3) is 0.0625. The molecule has 7 rings (SSSR count). The number of benzene rings is 5. The summed E-state index contributed by atoms with van der Waals surface area (Å²) < 4.78 is 2.37. The average Bonchev–Trinajstić information content (AvgIpc) is 3.44. The smallest absolute Gasteiger partial charge is 0.0541 e. The predicted molar refractivity (Wildman–Crippen MR) is 142 cm³/mol. The van der Waals surface area contributed by atoms with Gasteiger partial charge in [-0.1, -0.05) is 66.7 Å². The summed E-state index contributed by atoms with van der Waals surface area (Å²) in [6.45, 7) is 0.540. The van der Waals surface area contributed by atoms with Crippen LogP contribution in [-0.2, 0) is 13.0 Å². The van der Waals surface area contributed by atoms with Gasteiger partial charge >= 0.3 is 0 Å². The first-order valence-electron chi connectivity index (χ1n) is 11.8.